The number of rotatable bonds is 12. The highest BCUT2D eigenvalue weighted by Gasteiger charge is 2.22. The fourth-order valence-electron chi connectivity index (χ4n) is 2.44. The summed E-state index contributed by atoms with van der Waals surface area (Å²) in [6, 6.07) is 4.16. The molecule has 0 amide bonds. The third-order valence-corrected chi connectivity index (χ3v) is 4.21. The molecule has 22 heavy (non-hydrogen) atoms. The highest BCUT2D eigenvalue weighted by molar-refractivity contribution is 5.15. The van der Waals surface area contributed by atoms with Gasteiger partial charge in [0.2, 0.25) is 0 Å². The van der Waals surface area contributed by atoms with E-state index in [1.165, 1.54) is 38.5 Å². The zero-order chi connectivity index (χ0) is 16.3. The maximum absolute atomic E-state index is 9.18. The monoisotopic (exact) mass is 308 g/mol. The molecule has 0 atom stereocenters. The number of aryl methyl sites for hydroxylation is 2. The van der Waals surface area contributed by atoms with Crippen LogP contribution < -0.4 is 5.73 Å². The topological polar surface area (TPSA) is 79.4 Å². The van der Waals surface area contributed by atoms with E-state index >= 15 is 0 Å². The summed E-state index contributed by atoms with van der Waals surface area (Å²) in [5.74, 6) is 0. The fraction of sp³-hybridized carbons (Fsp3) is 0.722. The first kappa shape index (κ1) is 19.1. The van der Waals surface area contributed by atoms with Gasteiger partial charge in [0.15, 0.2) is 0 Å². The van der Waals surface area contributed by atoms with E-state index in [-0.39, 0.29) is 13.2 Å². The zero-order valence-electron chi connectivity index (χ0n) is 13.9. The SMILES string of the molecule is CCCCCCCCc1ccc(CCC(N)(CO)CO)cn1. The van der Waals surface area contributed by atoms with Crippen LogP contribution in [0.5, 0.6) is 0 Å². The molecule has 0 bridgehead atoms. The first-order valence-corrected chi connectivity index (χ1v) is 8.58. The second-order valence-corrected chi connectivity index (χ2v) is 6.35. The summed E-state index contributed by atoms with van der Waals surface area (Å²) in [4.78, 5) is 4.50. The molecule has 0 aliphatic heterocycles. The predicted molar refractivity (Wildman–Crippen MR) is 90.7 cm³/mol. The molecule has 1 aromatic heterocycles. The van der Waals surface area contributed by atoms with Crippen molar-refractivity contribution in [3.8, 4) is 0 Å². The number of aromatic nitrogens is 1. The van der Waals surface area contributed by atoms with Crippen molar-refractivity contribution in [3.05, 3.63) is 29.6 Å². The Hall–Kier alpha value is -0.970. The molecule has 0 spiro atoms. The van der Waals surface area contributed by atoms with Crippen molar-refractivity contribution in [2.45, 2.75) is 70.3 Å². The first-order chi connectivity index (χ1) is 10.6. The van der Waals surface area contributed by atoms with Crippen LogP contribution in [0.2, 0.25) is 0 Å². The number of unbranched alkanes of at least 4 members (excludes halogenated alkanes) is 5. The van der Waals surface area contributed by atoms with Crippen LogP contribution in [0, 0.1) is 0 Å². The van der Waals surface area contributed by atoms with Gasteiger partial charge in [-0.05, 0) is 37.3 Å². The van der Waals surface area contributed by atoms with Crippen LogP contribution in [0.1, 0.15) is 63.1 Å². The van der Waals surface area contributed by atoms with E-state index in [4.69, 9.17) is 5.73 Å². The molecule has 126 valence electrons. The Morgan fingerprint density at radius 2 is 1.68 bits per heavy atom. The normalized spacial score (nSPS) is 11.8. The highest BCUT2D eigenvalue weighted by Crippen LogP contribution is 2.13. The lowest BCUT2D eigenvalue weighted by molar-refractivity contribution is 0.115. The van der Waals surface area contributed by atoms with Crippen LogP contribution >= 0.6 is 0 Å². The van der Waals surface area contributed by atoms with Crippen LogP contribution in [0.25, 0.3) is 0 Å². The zero-order valence-corrected chi connectivity index (χ0v) is 13.9. The van der Waals surface area contributed by atoms with Gasteiger partial charge in [-0.15, -0.1) is 0 Å². The van der Waals surface area contributed by atoms with Crippen molar-refractivity contribution in [1.82, 2.24) is 4.98 Å². The first-order valence-electron chi connectivity index (χ1n) is 8.58. The lowest BCUT2D eigenvalue weighted by atomic mass is 9.94. The molecule has 4 nitrogen and oxygen atoms in total. The molecule has 4 heteroatoms. The molecule has 0 saturated heterocycles. The molecule has 0 unspecified atom stereocenters. The van der Waals surface area contributed by atoms with E-state index in [2.05, 4.69) is 24.0 Å². The Morgan fingerprint density at radius 1 is 1.00 bits per heavy atom. The third kappa shape index (κ3) is 7.34. The van der Waals surface area contributed by atoms with Gasteiger partial charge in [0, 0.05) is 11.9 Å². The second kappa shape index (κ2) is 10.7. The second-order valence-electron chi connectivity index (χ2n) is 6.35. The van der Waals surface area contributed by atoms with Gasteiger partial charge in [0.25, 0.3) is 0 Å². The average Bonchev–Trinajstić information content (AvgIpc) is 2.57. The summed E-state index contributed by atoms with van der Waals surface area (Å²) in [6.07, 6.45) is 12.0. The molecular formula is C18H32N2O2. The van der Waals surface area contributed by atoms with E-state index < -0.39 is 5.54 Å². The Balaban J connectivity index is 2.28. The van der Waals surface area contributed by atoms with Gasteiger partial charge >= 0.3 is 0 Å². The lowest BCUT2D eigenvalue weighted by Crippen LogP contribution is -2.47. The van der Waals surface area contributed by atoms with Crippen molar-refractivity contribution < 1.29 is 10.2 Å². The molecule has 1 aromatic rings. The van der Waals surface area contributed by atoms with Gasteiger partial charge in [-0.3, -0.25) is 4.98 Å². The molecule has 0 fully saturated rings. The summed E-state index contributed by atoms with van der Waals surface area (Å²) in [6.45, 7) is 1.83. The van der Waals surface area contributed by atoms with Crippen molar-refractivity contribution in [2.75, 3.05) is 13.2 Å². The molecule has 0 radical (unpaired) electrons. The highest BCUT2D eigenvalue weighted by atomic mass is 16.3. The summed E-state index contributed by atoms with van der Waals surface area (Å²) in [5, 5.41) is 18.4. The number of hydrogen-bond acceptors (Lipinski definition) is 4. The number of nitrogens with zero attached hydrogens (tertiary/aromatic N) is 1. The van der Waals surface area contributed by atoms with Crippen molar-refractivity contribution in [3.63, 3.8) is 0 Å². The molecular weight excluding hydrogens is 276 g/mol. The maximum atomic E-state index is 9.18. The van der Waals surface area contributed by atoms with E-state index in [1.54, 1.807) is 0 Å². The van der Waals surface area contributed by atoms with Crippen LogP contribution in [0.3, 0.4) is 0 Å². The molecule has 0 aromatic carbocycles. The minimum absolute atomic E-state index is 0.201. The van der Waals surface area contributed by atoms with Crippen molar-refractivity contribution in [1.29, 1.82) is 0 Å². The molecule has 1 rings (SSSR count). The minimum atomic E-state index is -0.892. The van der Waals surface area contributed by atoms with Gasteiger partial charge in [0.1, 0.15) is 0 Å². The van der Waals surface area contributed by atoms with Crippen molar-refractivity contribution >= 4 is 0 Å². The minimum Gasteiger partial charge on any atom is -0.394 e. The molecule has 0 saturated carbocycles. The Morgan fingerprint density at radius 3 is 2.27 bits per heavy atom. The Labute approximate surface area is 134 Å². The van der Waals surface area contributed by atoms with Crippen LogP contribution in [-0.4, -0.2) is 33.9 Å². The lowest BCUT2D eigenvalue weighted by Gasteiger charge is -2.24. The molecule has 0 aliphatic carbocycles. The van der Waals surface area contributed by atoms with E-state index in [0.29, 0.717) is 6.42 Å². The fourth-order valence-corrected chi connectivity index (χ4v) is 2.44. The van der Waals surface area contributed by atoms with Gasteiger partial charge < -0.3 is 15.9 Å². The Bertz CT molecular complexity index is 389. The van der Waals surface area contributed by atoms with E-state index in [0.717, 1.165) is 24.1 Å². The largest absolute Gasteiger partial charge is 0.394 e. The number of aliphatic hydroxyl groups excluding tert-OH is 2. The smallest absolute Gasteiger partial charge is 0.0633 e. The average molecular weight is 308 g/mol. The Kier molecular flexibility index (Phi) is 9.28. The van der Waals surface area contributed by atoms with Crippen LogP contribution in [-0.2, 0) is 12.8 Å². The molecule has 4 N–H and O–H groups in total. The van der Waals surface area contributed by atoms with Crippen LogP contribution in [0.15, 0.2) is 18.3 Å². The van der Waals surface area contributed by atoms with Crippen molar-refractivity contribution in [2.24, 2.45) is 5.73 Å². The maximum Gasteiger partial charge on any atom is 0.0633 e. The van der Waals surface area contributed by atoms with E-state index in [1.807, 2.05) is 6.20 Å². The van der Waals surface area contributed by atoms with Gasteiger partial charge in [0.05, 0.1) is 18.8 Å². The van der Waals surface area contributed by atoms with Gasteiger partial charge in [-0.25, -0.2) is 0 Å². The predicted octanol–water partition coefficient (Wildman–Crippen LogP) is 2.60. The number of nitrogens with two attached hydrogens (primary N) is 1. The summed E-state index contributed by atoms with van der Waals surface area (Å²) in [7, 11) is 0. The number of pyridine rings is 1. The van der Waals surface area contributed by atoms with Gasteiger partial charge in [-0.2, -0.15) is 0 Å². The quantitative estimate of drug-likeness (QED) is 0.519. The number of hydrogen-bond donors (Lipinski definition) is 3. The van der Waals surface area contributed by atoms with Crippen LogP contribution in [0.4, 0.5) is 0 Å². The molecule has 1 heterocycles. The van der Waals surface area contributed by atoms with Gasteiger partial charge in [-0.1, -0.05) is 45.1 Å². The third-order valence-electron chi connectivity index (χ3n) is 4.21. The summed E-state index contributed by atoms with van der Waals surface area (Å²) >= 11 is 0. The summed E-state index contributed by atoms with van der Waals surface area (Å²) in [5.41, 5.74) is 7.22. The standard InChI is InChI=1S/C18H32N2O2/c1-2-3-4-5-6-7-8-17-10-9-16(13-20-17)11-12-18(19,14-21)15-22/h9-10,13,21-22H,2-8,11-12,14-15,19H2,1H3. The molecule has 0 aliphatic rings. The number of aliphatic hydroxyl groups is 2. The summed E-state index contributed by atoms with van der Waals surface area (Å²) < 4.78 is 0. The van der Waals surface area contributed by atoms with E-state index in [9.17, 15) is 10.2 Å².